The van der Waals surface area contributed by atoms with E-state index in [0.717, 1.165) is 14.5 Å². The van der Waals surface area contributed by atoms with Gasteiger partial charge in [0.05, 0.1) is 5.69 Å². The van der Waals surface area contributed by atoms with E-state index >= 15 is 0 Å². The van der Waals surface area contributed by atoms with Gasteiger partial charge in [0.1, 0.15) is 5.82 Å². The zero-order valence-electron chi connectivity index (χ0n) is 9.18. The molecule has 18 heavy (non-hydrogen) atoms. The number of benzene rings is 2. The van der Waals surface area contributed by atoms with E-state index in [-0.39, 0.29) is 5.82 Å². The van der Waals surface area contributed by atoms with Crippen molar-refractivity contribution in [1.82, 2.24) is 0 Å². The molecule has 0 unspecified atom stereocenters. The standard InChI is InChI=1S/C13H9Br2ClFN/c14-9-2-4-13(12(17)5-9)18-7-8-1-3-10(16)6-11(8)15/h1-6,18H,7H2. The van der Waals surface area contributed by atoms with Gasteiger partial charge in [-0.2, -0.15) is 0 Å². The maximum absolute atomic E-state index is 13.6. The fourth-order valence-corrected chi connectivity index (χ4v) is 2.64. The van der Waals surface area contributed by atoms with Crippen molar-refractivity contribution in [2.24, 2.45) is 0 Å². The maximum Gasteiger partial charge on any atom is 0.147 e. The molecule has 0 atom stereocenters. The van der Waals surface area contributed by atoms with Crippen molar-refractivity contribution in [2.75, 3.05) is 5.32 Å². The van der Waals surface area contributed by atoms with Crippen LogP contribution in [0.3, 0.4) is 0 Å². The Hall–Kier alpha value is -0.580. The van der Waals surface area contributed by atoms with E-state index in [0.29, 0.717) is 17.3 Å². The van der Waals surface area contributed by atoms with Crippen LogP contribution in [-0.2, 0) is 6.54 Å². The Balaban J connectivity index is 2.11. The molecule has 0 aromatic heterocycles. The summed E-state index contributed by atoms with van der Waals surface area (Å²) in [6.45, 7) is 0.524. The molecule has 0 saturated carbocycles. The van der Waals surface area contributed by atoms with Gasteiger partial charge in [-0.3, -0.25) is 0 Å². The molecule has 0 aliphatic heterocycles. The minimum absolute atomic E-state index is 0.283. The topological polar surface area (TPSA) is 12.0 Å². The third kappa shape index (κ3) is 3.46. The molecule has 2 aromatic rings. The van der Waals surface area contributed by atoms with Crippen molar-refractivity contribution in [2.45, 2.75) is 6.54 Å². The zero-order valence-corrected chi connectivity index (χ0v) is 13.1. The molecule has 0 amide bonds. The lowest BCUT2D eigenvalue weighted by atomic mass is 10.2. The van der Waals surface area contributed by atoms with E-state index in [1.807, 2.05) is 12.1 Å². The van der Waals surface area contributed by atoms with Crippen molar-refractivity contribution in [3.8, 4) is 0 Å². The van der Waals surface area contributed by atoms with Crippen molar-refractivity contribution in [3.63, 3.8) is 0 Å². The first-order valence-corrected chi connectivity index (χ1v) is 7.15. The van der Waals surface area contributed by atoms with Gasteiger partial charge < -0.3 is 5.32 Å². The minimum atomic E-state index is -0.283. The Morgan fingerprint density at radius 2 is 1.89 bits per heavy atom. The lowest BCUT2D eigenvalue weighted by molar-refractivity contribution is 0.629. The van der Waals surface area contributed by atoms with Crippen LogP contribution in [0.25, 0.3) is 0 Å². The van der Waals surface area contributed by atoms with Crippen LogP contribution in [-0.4, -0.2) is 0 Å². The first-order chi connectivity index (χ1) is 8.56. The monoisotopic (exact) mass is 391 g/mol. The molecule has 0 heterocycles. The summed E-state index contributed by atoms with van der Waals surface area (Å²) in [6.07, 6.45) is 0. The van der Waals surface area contributed by atoms with Gasteiger partial charge in [0.25, 0.3) is 0 Å². The molecular weight excluding hydrogens is 384 g/mol. The van der Waals surface area contributed by atoms with Gasteiger partial charge in [0.2, 0.25) is 0 Å². The van der Waals surface area contributed by atoms with Gasteiger partial charge >= 0.3 is 0 Å². The van der Waals surface area contributed by atoms with Crippen molar-refractivity contribution >= 4 is 49.1 Å². The summed E-state index contributed by atoms with van der Waals surface area (Å²) in [5.74, 6) is -0.283. The molecule has 0 aliphatic rings. The summed E-state index contributed by atoms with van der Waals surface area (Å²) in [7, 11) is 0. The number of anilines is 1. The molecule has 0 aliphatic carbocycles. The van der Waals surface area contributed by atoms with Gasteiger partial charge in [0, 0.05) is 20.5 Å². The molecule has 0 spiro atoms. The molecule has 0 fully saturated rings. The summed E-state index contributed by atoms with van der Waals surface area (Å²) >= 11 is 12.5. The van der Waals surface area contributed by atoms with Crippen LogP contribution in [0.1, 0.15) is 5.56 Å². The Bertz CT molecular complexity index is 523. The molecule has 2 rings (SSSR count). The van der Waals surface area contributed by atoms with E-state index < -0.39 is 0 Å². The highest BCUT2D eigenvalue weighted by Crippen LogP contribution is 2.24. The molecule has 0 bridgehead atoms. The molecular formula is C13H9Br2ClFN. The van der Waals surface area contributed by atoms with E-state index in [4.69, 9.17) is 11.6 Å². The molecule has 0 saturated heterocycles. The molecule has 0 radical (unpaired) electrons. The molecule has 1 nitrogen and oxygen atoms in total. The van der Waals surface area contributed by atoms with Crippen LogP contribution in [0, 0.1) is 5.82 Å². The Kier molecular flexibility index (Phi) is 4.65. The van der Waals surface area contributed by atoms with Crippen molar-refractivity contribution in [1.29, 1.82) is 0 Å². The van der Waals surface area contributed by atoms with E-state index in [1.54, 1.807) is 18.2 Å². The normalized spacial score (nSPS) is 10.4. The minimum Gasteiger partial charge on any atom is -0.379 e. The first kappa shape index (κ1) is 13.8. The fourth-order valence-electron chi connectivity index (χ4n) is 1.49. The van der Waals surface area contributed by atoms with Gasteiger partial charge in [0.15, 0.2) is 0 Å². The summed E-state index contributed by atoms with van der Waals surface area (Å²) in [5.41, 5.74) is 1.49. The van der Waals surface area contributed by atoms with Crippen LogP contribution in [0.4, 0.5) is 10.1 Å². The second-order valence-corrected chi connectivity index (χ2v) is 5.92. The van der Waals surface area contributed by atoms with Crippen LogP contribution in [0.15, 0.2) is 45.3 Å². The number of rotatable bonds is 3. The van der Waals surface area contributed by atoms with Crippen molar-refractivity contribution < 1.29 is 4.39 Å². The van der Waals surface area contributed by atoms with Gasteiger partial charge in [-0.05, 0) is 35.9 Å². The SMILES string of the molecule is Fc1cc(Br)ccc1NCc1ccc(Cl)cc1Br. The second-order valence-electron chi connectivity index (χ2n) is 3.71. The highest BCUT2D eigenvalue weighted by molar-refractivity contribution is 9.10. The maximum atomic E-state index is 13.6. The quantitative estimate of drug-likeness (QED) is 0.714. The van der Waals surface area contributed by atoms with Crippen molar-refractivity contribution in [3.05, 3.63) is 61.7 Å². The number of hydrogen-bond acceptors (Lipinski definition) is 1. The van der Waals surface area contributed by atoms with Gasteiger partial charge in [-0.1, -0.05) is 49.5 Å². The lowest BCUT2D eigenvalue weighted by Crippen LogP contribution is -2.02. The van der Waals surface area contributed by atoms with Crippen LogP contribution in [0.5, 0.6) is 0 Å². The molecule has 2 aromatic carbocycles. The average Bonchev–Trinajstić information content (AvgIpc) is 2.30. The Morgan fingerprint density at radius 1 is 1.11 bits per heavy atom. The summed E-state index contributed by atoms with van der Waals surface area (Å²) in [4.78, 5) is 0. The first-order valence-electron chi connectivity index (χ1n) is 5.19. The highest BCUT2D eigenvalue weighted by Gasteiger charge is 2.04. The summed E-state index contributed by atoms with van der Waals surface area (Å²) in [5, 5.41) is 3.71. The third-order valence-corrected chi connectivity index (χ3v) is 3.88. The van der Waals surface area contributed by atoms with E-state index in [2.05, 4.69) is 37.2 Å². The summed E-state index contributed by atoms with van der Waals surface area (Å²) in [6, 6.07) is 10.4. The number of nitrogens with one attached hydrogen (secondary N) is 1. The number of hydrogen-bond donors (Lipinski definition) is 1. The largest absolute Gasteiger partial charge is 0.379 e. The average molecular weight is 393 g/mol. The predicted molar refractivity (Wildman–Crippen MR) is 80.6 cm³/mol. The smallest absolute Gasteiger partial charge is 0.147 e. The zero-order chi connectivity index (χ0) is 13.1. The lowest BCUT2D eigenvalue weighted by Gasteiger charge is -2.09. The Morgan fingerprint density at radius 3 is 2.56 bits per heavy atom. The van der Waals surface area contributed by atoms with Crippen LogP contribution >= 0.6 is 43.5 Å². The van der Waals surface area contributed by atoms with E-state index in [9.17, 15) is 4.39 Å². The molecule has 1 N–H and O–H groups in total. The molecule has 5 heteroatoms. The molecule has 94 valence electrons. The highest BCUT2D eigenvalue weighted by atomic mass is 79.9. The number of halogens is 4. The van der Waals surface area contributed by atoms with E-state index in [1.165, 1.54) is 6.07 Å². The van der Waals surface area contributed by atoms with Gasteiger partial charge in [-0.25, -0.2) is 4.39 Å². The predicted octanol–water partition coefficient (Wildman–Crippen LogP) is 5.62. The van der Waals surface area contributed by atoms with Crippen LogP contribution < -0.4 is 5.32 Å². The van der Waals surface area contributed by atoms with Gasteiger partial charge in [-0.15, -0.1) is 0 Å². The fraction of sp³-hybridized carbons (Fsp3) is 0.0769. The Labute approximate surface area is 127 Å². The summed E-state index contributed by atoms with van der Waals surface area (Å²) < 4.78 is 15.2. The third-order valence-electron chi connectivity index (χ3n) is 2.42. The van der Waals surface area contributed by atoms with Crippen LogP contribution in [0.2, 0.25) is 5.02 Å². The second kappa shape index (κ2) is 6.04.